The third-order valence-corrected chi connectivity index (χ3v) is 8.80. The summed E-state index contributed by atoms with van der Waals surface area (Å²) in [7, 11) is 0. The largest absolute Gasteiger partial charge is 0.228 e. The molecule has 3 heteroatoms. The van der Waals surface area contributed by atoms with Crippen LogP contribution in [0.25, 0.3) is 76.0 Å². The fourth-order valence-corrected chi connectivity index (χ4v) is 6.92. The Kier molecular flexibility index (Phi) is 5.68. The molecule has 0 atom stereocenters. The molecule has 0 spiro atoms. The van der Waals surface area contributed by atoms with Crippen molar-refractivity contribution in [1.29, 1.82) is 0 Å². The Morgan fingerprint density at radius 3 is 1.90 bits per heavy atom. The van der Waals surface area contributed by atoms with Gasteiger partial charge < -0.3 is 0 Å². The van der Waals surface area contributed by atoms with Crippen LogP contribution < -0.4 is 0 Å². The van der Waals surface area contributed by atoms with Crippen molar-refractivity contribution in [3.63, 3.8) is 0 Å². The minimum atomic E-state index is 0.727. The molecule has 0 radical (unpaired) electrons. The van der Waals surface area contributed by atoms with Crippen molar-refractivity contribution >= 4 is 42.3 Å². The zero-order valence-electron chi connectivity index (χ0n) is 22.2. The lowest BCUT2D eigenvalue weighted by atomic mass is 9.93. The Morgan fingerprint density at radius 2 is 1.07 bits per heavy atom. The Morgan fingerprint density at radius 1 is 0.415 bits per heavy atom. The van der Waals surface area contributed by atoms with Gasteiger partial charge in [-0.15, -0.1) is 11.3 Å². The molecule has 0 amide bonds. The summed E-state index contributed by atoms with van der Waals surface area (Å²) >= 11 is 1.84. The van der Waals surface area contributed by atoms with Crippen LogP contribution in [0.5, 0.6) is 0 Å². The maximum atomic E-state index is 5.23. The lowest BCUT2D eigenvalue weighted by Crippen LogP contribution is -1.96. The first-order valence-corrected chi connectivity index (χ1v) is 14.6. The molecule has 0 saturated carbocycles. The molecule has 6 aromatic carbocycles. The smallest absolute Gasteiger partial charge is 0.160 e. The highest BCUT2D eigenvalue weighted by Gasteiger charge is 2.18. The van der Waals surface area contributed by atoms with Gasteiger partial charge in [0.1, 0.15) is 0 Å². The molecule has 0 aliphatic rings. The van der Waals surface area contributed by atoms with Gasteiger partial charge in [-0.05, 0) is 46.2 Å². The maximum Gasteiger partial charge on any atom is 0.160 e. The van der Waals surface area contributed by atoms with Crippen LogP contribution in [0.4, 0.5) is 0 Å². The van der Waals surface area contributed by atoms with Crippen molar-refractivity contribution in [1.82, 2.24) is 9.97 Å². The average Bonchev–Trinajstić information content (AvgIpc) is 3.43. The summed E-state index contributed by atoms with van der Waals surface area (Å²) in [5.74, 6) is 0.727. The minimum absolute atomic E-state index is 0.727. The van der Waals surface area contributed by atoms with Crippen LogP contribution in [0.2, 0.25) is 0 Å². The second kappa shape index (κ2) is 9.81. The zero-order valence-corrected chi connectivity index (χ0v) is 23.0. The van der Waals surface area contributed by atoms with Crippen LogP contribution in [-0.2, 0) is 0 Å². The van der Waals surface area contributed by atoms with Crippen LogP contribution >= 0.6 is 11.3 Å². The second-order valence-corrected chi connectivity index (χ2v) is 11.3. The van der Waals surface area contributed by atoms with Crippen LogP contribution in [0.3, 0.4) is 0 Å². The third-order valence-electron chi connectivity index (χ3n) is 7.68. The predicted molar refractivity (Wildman–Crippen MR) is 174 cm³/mol. The molecule has 8 rings (SSSR count). The van der Waals surface area contributed by atoms with Gasteiger partial charge in [0.05, 0.1) is 11.4 Å². The summed E-state index contributed by atoms with van der Waals surface area (Å²) < 4.78 is 2.53. The maximum absolute atomic E-state index is 5.23. The molecular formula is C38H24N2S. The van der Waals surface area contributed by atoms with Crippen molar-refractivity contribution in [2.24, 2.45) is 0 Å². The highest BCUT2D eigenvalue weighted by atomic mass is 32.1. The van der Waals surface area contributed by atoms with E-state index in [0.717, 1.165) is 33.9 Å². The summed E-state index contributed by atoms with van der Waals surface area (Å²) in [6.45, 7) is 0. The van der Waals surface area contributed by atoms with Crippen molar-refractivity contribution in [2.45, 2.75) is 0 Å². The van der Waals surface area contributed by atoms with Gasteiger partial charge in [-0.25, -0.2) is 9.97 Å². The van der Waals surface area contributed by atoms with Gasteiger partial charge in [0.25, 0.3) is 0 Å². The van der Waals surface area contributed by atoms with Gasteiger partial charge in [0, 0.05) is 36.9 Å². The highest BCUT2D eigenvalue weighted by molar-refractivity contribution is 7.26. The number of thiophene rings is 1. The SMILES string of the molecule is c1ccc(-c2cc(-c3cc(-c4cccc5ccccc45)cc4sc5ccccc5c34)nc(-c3ccccc3)n2)cc1. The summed E-state index contributed by atoms with van der Waals surface area (Å²) in [6, 6.07) is 51.3. The predicted octanol–water partition coefficient (Wildman–Crippen LogP) is 10.7. The van der Waals surface area contributed by atoms with E-state index in [1.165, 1.54) is 42.1 Å². The third kappa shape index (κ3) is 4.19. The van der Waals surface area contributed by atoms with E-state index in [9.17, 15) is 0 Å². The molecule has 0 aliphatic carbocycles. The van der Waals surface area contributed by atoms with E-state index < -0.39 is 0 Å². The van der Waals surface area contributed by atoms with Gasteiger partial charge >= 0.3 is 0 Å². The Hall–Kier alpha value is -5.12. The van der Waals surface area contributed by atoms with Gasteiger partial charge in [0.2, 0.25) is 0 Å². The number of fused-ring (bicyclic) bond motifs is 4. The van der Waals surface area contributed by atoms with E-state index in [-0.39, 0.29) is 0 Å². The summed E-state index contributed by atoms with van der Waals surface area (Å²) in [4.78, 5) is 10.3. The number of nitrogens with zero attached hydrogens (tertiary/aromatic N) is 2. The lowest BCUT2D eigenvalue weighted by molar-refractivity contribution is 1.19. The van der Waals surface area contributed by atoms with Crippen LogP contribution in [0.15, 0.2) is 146 Å². The van der Waals surface area contributed by atoms with E-state index in [1.54, 1.807) is 0 Å². The van der Waals surface area contributed by atoms with Gasteiger partial charge in [-0.2, -0.15) is 0 Å². The van der Waals surface area contributed by atoms with Crippen LogP contribution in [-0.4, -0.2) is 9.97 Å². The molecule has 41 heavy (non-hydrogen) atoms. The normalized spacial score (nSPS) is 11.4. The number of benzene rings is 6. The van der Waals surface area contributed by atoms with Gasteiger partial charge in [-0.3, -0.25) is 0 Å². The van der Waals surface area contributed by atoms with Gasteiger partial charge in [0.15, 0.2) is 5.82 Å². The van der Waals surface area contributed by atoms with Crippen LogP contribution in [0.1, 0.15) is 0 Å². The molecule has 2 aromatic heterocycles. The zero-order chi connectivity index (χ0) is 27.2. The molecule has 0 fully saturated rings. The van der Waals surface area contributed by atoms with Crippen LogP contribution in [0, 0.1) is 0 Å². The first-order valence-electron chi connectivity index (χ1n) is 13.8. The van der Waals surface area contributed by atoms with E-state index in [1.807, 2.05) is 35.6 Å². The first-order chi connectivity index (χ1) is 20.3. The van der Waals surface area contributed by atoms with Gasteiger partial charge in [-0.1, -0.05) is 121 Å². The Balaban J connectivity index is 1.46. The number of rotatable bonds is 4. The summed E-state index contributed by atoms with van der Waals surface area (Å²) in [5, 5.41) is 4.99. The topological polar surface area (TPSA) is 25.8 Å². The average molecular weight is 541 g/mol. The monoisotopic (exact) mass is 540 g/mol. The molecule has 192 valence electrons. The standard InChI is InChI=1S/C38H24N2S/c1-3-13-26(14-4-1)33-24-34(40-38(39-33)27-15-5-2-6-16-27)32-22-28(30-20-11-17-25-12-7-8-18-29(25)30)23-36-37(32)31-19-9-10-21-35(31)41-36/h1-24H. The quantitative estimate of drug-likeness (QED) is 0.222. The second-order valence-electron chi connectivity index (χ2n) is 10.2. The molecular weight excluding hydrogens is 516 g/mol. The molecule has 0 unspecified atom stereocenters. The van der Waals surface area contributed by atoms with E-state index in [2.05, 4.69) is 121 Å². The van der Waals surface area contributed by atoms with Crippen molar-refractivity contribution < 1.29 is 0 Å². The van der Waals surface area contributed by atoms with Crippen molar-refractivity contribution in [2.75, 3.05) is 0 Å². The minimum Gasteiger partial charge on any atom is -0.228 e. The summed E-state index contributed by atoms with van der Waals surface area (Å²) in [5.41, 5.74) is 7.46. The molecule has 0 aliphatic heterocycles. The van der Waals surface area contributed by atoms with E-state index in [0.29, 0.717) is 0 Å². The number of hydrogen-bond acceptors (Lipinski definition) is 3. The van der Waals surface area contributed by atoms with Crippen molar-refractivity contribution in [3.8, 4) is 45.0 Å². The molecule has 0 bridgehead atoms. The molecule has 2 nitrogen and oxygen atoms in total. The molecule has 2 heterocycles. The number of aromatic nitrogens is 2. The first kappa shape index (κ1) is 23.7. The fraction of sp³-hybridized carbons (Fsp3) is 0. The lowest BCUT2D eigenvalue weighted by Gasteiger charge is -2.13. The van der Waals surface area contributed by atoms with Crippen molar-refractivity contribution in [3.05, 3.63) is 146 Å². The number of hydrogen-bond donors (Lipinski definition) is 0. The molecule has 8 aromatic rings. The highest BCUT2D eigenvalue weighted by Crippen LogP contribution is 2.44. The molecule has 0 saturated heterocycles. The van der Waals surface area contributed by atoms with E-state index >= 15 is 0 Å². The fourth-order valence-electron chi connectivity index (χ4n) is 5.75. The Bertz CT molecular complexity index is 2140. The Labute approximate surface area is 242 Å². The molecule has 0 N–H and O–H groups in total. The summed E-state index contributed by atoms with van der Waals surface area (Å²) in [6.07, 6.45) is 0. The van der Waals surface area contributed by atoms with E-state index in [4.69, 9.17) is 9.97 Å².